The van der Waals surface area contributed by atoms with Crippen LogP contribution in [0.1, 0.15) is 38.5 Å². The Hall–Kier alpha value is -1.06. The van der Waals surface area contributed by atoms with Crippen molar-refractivity contribution < 1.29 is 14.3 Å². The molecule has 0 aromatic rings. The van der Waals surface area contributed by atoms with E-state index in [1.165, 1.54) is 7.11 Å². The molecule has 2 N–H and O–H groups in total. The largest absolute Gasteiger partial charge is 0.469 e. The van der Waals surface area contributed by atoms with E-state index in [0.29, 0.717) is 12.5 Å². The minimum Gasteiger partial charge on any atom is -0.469 e. The van der Waals surface area contributed by atoms with E-state index in [1.807, 2.05) is 0 Å². The number of nitrogens with zero attached hydrogens (tertiary/aromatic N) is 2. The third kappa shape index (κ3) is 6.82. The lowest BCUT2D eigenvalue weighted by Crippen LogP contribution is -2.47. The van der Waals surface area contributed by atoms with Crippen molar-refractivity contribution in [3.63, 3.8) is 0 Å². The second kappa shape index (κ2) is 10.7. The number of guanidine groups is 1. The van der Waals surface area contributed by atoms with Gasteiger partial charge in [-0.1, -0.05) is 0 Å². The van der Waals surface area contributed by atoms with Gasteiger partial charge in [0.05, 0.1) is 13.0 Å². The molecule has 0 spiro atoms. The van der Waals surface area contributed by atoms with Crippen molar-refractivity contribution in [3.05, 3.63) is 0 Å². The number of esters is 1. The zero-order valence-corrected chi connectivity index (χ0v) is 16.9. The van der Waals surface area contributed by atoms with E-state index in [4.69, 9.17) is 4.74 Å². The first-order valence-electron chi connectivity index (χ1n) is 8.46. The molecule has 0 radical (unpaired) electrons. The lowest BCUT2D eigenvalue weighted by atomic mass is 9.97. The first-order valence-corrected chi connectivity index (χ1v) is 8.46. The molecule has 138 valence electrons. The van der Waals surface area contributed by atoms with Crippen LogP contribution in [0.4, 0.5) is 0 Å². The summed E-state index contributed by atoms with van der Waals surface area (Å²) in [5.74, 6) is 0.869. The Morgan fingerprint density at radius 1 is 1.21 bits per heavy atom. The monoisotopic (exact) mass is 452 g/mol. The molecule has 2 aliphatic rings. The number of nitrogens with one attached hydrogen (secondary N) is 2. The van der Waals surface area contributed by atoms with Crippen LogP contribution in [-0.2, 0) is 14.3 Å². The molecule has 1 saturated carbocycles. The van der Waals surface area contributed by atoms with Crippen LogP contribution in [-0.4, -0.2) is 62.6 Å². The van der Waals surface area contributed by atoms with Gasteiger partial charge in [-0.3, -0.25) is 14.6 Å². The number of hydrogen-bond donors (Lipinski definition) is 2. The van der Waals surface area contributed by atoms with Crippen molar-refractivity contribution in [2.24, 2.45) is 10.9 Å². The summed E-state index contributed by atoms with van der Waals surface area (Å²) in [7, 11) is 3.20. The van der Waals surface area contributed by atoms with Gasteiger partial charge in [-0.15, -0.1) is 24.0 Å². The number of halogens is 1. The van der Waals surface area contributed by atoms with Gasteiger partial charge in [0.15, 0.2) is 5.96 Å². The molecule has 7 nitrogen and oxygen atoms in total. The van der Waals surface area contributed by atoms with Crippen molar-refractivity contribution in [1.82, 2.24) is 15.5 Å². The Balaban J connectivity index is 0.00000288. The van der Waals surface area contributed by atoms with Crippen LogP contribution >= 0.6 is 24.0 Å². The first kappa shape index (κ1) is 21.0. The number of amides is 1. The average Bonchev–Trinajstić information content (AvgIpc) is 3.38. The highest BCUT2D eigenvalue weighted by Gasteiger charge is 2.27. The number of carbonyl (C=O) groups excluding carboxylic acids is 2. The fourth-order valence-electron chi connectivity index (χ4n) is 2.80. The Labute approximate surface area is 161 Å². The van der Waals surface area contributed by atoms with Crippen LogP contribution < -0.4 is 10.6 Å². The van der Waals surface area contributed by atoms with Crippen LogP contribution in [0.3, 0.4) is 0 Å². The van der Waals surface area contributed by atoms with Crippen LogP contribution in [0.2, 0.25) is 0 Å². The van der Waals surface area contributed by atoms with Gasteiger partial charge in [0, 0.05) is 39.1 Å². The third-order valence-electron chi connectivity index (χ3n) is 4.35. The molecule has 0 unspecified atom stereocenters. The summed E-state index contributed by atoms with van der Waals surface area (Å²) in [6.07, 6.45) is 5.16. The molecule has 0 aromatic heterocycles. The highest BCUT2D eigenvalue weighted by Crippen LogP contribution is 2.19. The second-order valence-electron chi connectivity index (χ2n) is 6.20. The molecular weight excluding hydrogens is 423 g/mol. The predicted octanol–water partition coefficient (Wildman–Crippen LogP) is 1.12. The Bertz CT molecular complexity index is 447. The van der Waals surface area contributed by atoms with Crippen molar-refractivity contribution in [2.75, 3.05) is 33.8 Å². The molecule has 2 fully saturated rings. The molecule has 1 aliphatic carbocycles. The minimum absolute atomic E-state index is 0. The molecule has 0 bridgehead atoms. The summed E-state index contributed by atoms with van der Waals surface area (Å²) in [5.41, 5.74) is 0. The van der Waals surface area contributed by atoms with Gasteiger partial charge < -0.3 is 20.3 Å². The maximum Gasteiger partial charge on any atom is 0.308 e. The summed E-state index contributed by atoms with van der Waals surface area (Å²) >= 11 is 0. The summed E-state index contributed by atoms with van der Waals surface area (Å²) in [4.78, 5) is 29.6. The van der Waals surface area contributed by atoms with Crippen molar-refractivity contribution in [2.45, 2.75) is 44.6 Å². The fourth-order valence-corrected chi connectivity index (χ4v) is 2.80. The molecule has 2 rings (SSSR count). The molecular formula is C16H29IN4O3. The number of ether oxygens (including phenoxy) is 1. The standard InChI is InChI=1S/C16H28N4O3.HI/c1-17-16(18-9-3-4-14(21)19-13-5-6-13)20-10-7-12(8-11-20)15(22)23-2;/h12-13H,3-11H2,1-2H3,(H,17,18)(H,19,21);1H. The predicted molar refractivity (Wildman–Crippen MR) is 103 cm³/mol. The first-order chi connectivity index (χ1) is 11.1. The maximum atomic E-state index is 11.6. The fraction of sp³-hybridized carbons (Fsp3) is 0.812. The maximum absolute atomic E-state index is 11.6. The molecule has 8 heteroatoms. The van der Waals surface area contributed by atoms with E-state index >= 15 is 0 Å². The van der Waals surface area contributed by atoms with E-state index in [1.54, 1.807) is 7.05 Å². The number of methoxy groups -OCH3 is 1. The smallest absolute Gasteiger partial charge is 0.308 e. The van der Waals surface area contributed by atoms with Crippen molar-refractivity contribution >= 4 is 41.8 Å². The number of carbonyl (C=O) groups is 2. The quantitative estimate of drug-likeness (QED) is 0.208. The highest BCUT2D eigenvalue weighted by atomic mass is 127. The molecule has 0 aromatic carbocycles. The van der Waals surface area contributed by atoms with Crippen LogP contribution in [0.5, 0.6) is 0 Å². The van der Waals surface area contributed by atoms with Crippen molar-refractivity contribution in [1.29, 1.82) is 0 Å². The Kier molecular flexibility index (Phi) is 9.38. The number of hydrogen-bond acceptors (Lipinski definition) is 4. The second-order valence-corrected chi connectivity index (χ2v) is 6.20. The van der Waals surface area contributed by atoms with E-state index in [9.17, 15) is 9.59 Å². The summed E-state index contributed by atoms with van der Waals surface area (Å²) in [6, 6.07) is 0.430. The average molecular weight is 452 g/mol. The van der Waals surface area contributed by atoms with E-state index in [0.717, 1.165) is 57.7 Å². The Morgan fingerprint density at radius 2 is 1.88 bits per heavy atom. The normalized spacial score (nSPS) is 18.6. The van der Waals surface area contributed by atoms with Crippen molar-refractivity contribution in [3.8, 4) is 0 Å². The van der Waals surface area contributed by atoms with Crippen LogP contribution in [0.15, 0.2) is 4.99 Å². The lowest BCUT2D eigenvalue weighted by molar-refractivity contribution is -0.146. The molecule has 1 amide bonds. The number of aliphatic imine (C=N–C) groups is 1. The van der Waals surface area contributed by atoms with E-state index < -0.39 is 0 Å². The molecule has 0 atom stereocenters. The highest BCUT2D eigenvalue weighted by molar-refractivity contribution is 14.0. The SMILES string of the molecule is CN=C(NCCCC(=O)NC1CC1)N1CCC(C(=O)OC)CC1.I. The number of likely N-dealkylation sites (tertiary alicyclic amines) is 1. The summed E-state index contributed by atoms with van der Waals surface area (Å²) in [6.45, 7) is 2.31. The zero-order valence-electron chi connectivity index (χ0n) is 14.5. The van der Waals surface area contributed by atoms with Gasteiger partial charge in [0.2, 0.25) is 5.91 Å². The van der Waals surface area contributed by atoms with Gasteiger partial charge in [-0.2, -0.15) is 0 Å². The van der Waals surface area contributed by atoms with Crippen LogP contribution in [0, 0.1) is 5.92 Å². The van der Waals surface area contributed by atoms with E-state index in [2.05, 4.69) is 20.5 Å². The number of piperidine rings is 1. The molecule has 1 aliphatic heterocycles. The summed E-state index contributed by atoms with van der Waals surface area (Å²) in [5, 5.41) is 6.29. The minimum atomic E-state index is -0.116. The van der Waals surface area contributed by atoms with Gasteiger partial charge in [-0.05, 0) is 32.1 Å². The number of rotatable bonds is 6. The molecule has 24 heavy (non-hydrogen) atoms. The third-order valence-corrected chi connectivity index (χ3v) is 4.35. The van der Waals surface area contributed by atoms with Crippen LogP contribution in [0.25, 0.3) is 0 Å². The van der Waals surface area contributed by atoms with E-state index in [-0.39, 0.29) is 41.8 Å². The topological polar surface area (TPSA) is 83.0 Å². The lowest BCUT2D eigenvalue weighted by Gasteiger charge is -2.33. The van der Waals surface area contributed by atoms with Gasteiger partial charge in [0.1, 0.15) is 0 Å². The van der Waals surface area contributed by atoms with Gasteiger partial charge in [-0.25, -0.2) is 0 Å². The van der Waals surface area contributed by atoms with Gasteiger partial charge >= 0.3 is 5.97 Å². The molecule has 1 heterocycles. The zero-order chi connectivity index (χ0) is 16.7. The summed E-state index contributed by atoms with van der Waals surface area (Å²) < 4.78 is 4.80. The Morgan fingerprint density at radius 3 is 2.42 bits per heavy atom. The molecule has 1 saturated heterocycles. The van der Waals surface area contributed by atoms with Gasteiger partial charge in [0.25, 0.3) is 0 Å².